The summed E-state index contributed by atoms with van der Waals surface area (Å²) in [5.41, 5.74) is 1.05. The van der Waals surface area contributed by atoms with Gasteiger partial charge in [0.15, 0.2) is 0 Å². The number of pyridine rings is 1. The van der Waals surface area contributed by atoms with E-state index in [1.54, 1.807) is 25.1 Å². The van der Waals surface area contributed by atoms with E-state index in [0.717, 1.165) is 5.56 Å². The Hall–Kier alpha value is -3.74. The first-order chi connectivity index (χ1) is 13.5. The van der Waals surface area contributed by atoms with Gasteiger partial charge in [-0.2, -0.15) is 0 Å². The van der Waals surface area contributed by atoms with Gasteiger partial charge in [-0.25, -0.2) is 0 Å². The molecular weight excluding hydrogens is 358 g/mol. The van der Waals surface area contributed by atoms with Gasteiger partial charge in [0, 0.05) is 24.2 Å². The molecule has 0 radical (unpaired) electrons. The van der Waals surface area contributed by atoms with Gasteiger partial charge in [0.05, 0.1) is 16.4 Å². The topological polar surface area (TPSA) is 105 Å². The number of nitrogens with zero attached hydrogens (tertiary/aromatic N) is 2. The van der Waals surface area contributed by atoms with E-state index in [4.69, 9.17) is 0 Å². The van der Waals surface area contributed by atoms with E-state index in [1.165, 1.54) is 18.3 Å². The summed E-state index contributed by atoms with van der Waals surface area (Å²) < 4.78 is 0. The van der Waals surface area contributed by atoms with Gasteiger partial charge in [0.2, 0.25) is 5.91 Å². The second-order valence-electron chi connectivity index (χ2n) is 6.16. The van der Waals surface area contributed by atoms with E-state index in [2.05, 4.69) is 10.3 Å². The molecule has 1 aromatic heterocycles. The fraction of sp³-hybridized carbons (Fsp3) is 0.143. The van der Waals surface area contributed by atoms with E-state index in [0.29, 0.717) is 0 Å². The Kier molecular flexibility index (Phi) is 5.64. The van der Waals surface area contributed by atoms with Gasteiger partial charge in [-0.1, -0.05) is 49.4 Å². The normalized spacial score (nSPS) is 12.2. The van der Waals surface area contributed by atoms with Crippen LogP contribution in [-0.2, 0) is 4.79 Å². The fourth-order valence-corrected chi connectivity index (χ4v) is 2.90. The number of amides is 1. The van der Waals surface area contributed by atoms with Crippen molar-refractivity contribution < 1.29 is 14.8 Å². The van der Waals surface area contributed by atoms with Gasteiger partial charge < -0.3 is 10.4 Å². The van der Waals surface area contributed by atoms with E-state index in [-0.39, 0.29) is 40.2 Å². The molecule has 0 aliphatic rings. The highest BCUT2D eigenvalue weighted by Crippen LogP contribution is 2.38. The van der Waals surface area contributed by atoms with Crippen LogP contribution >= 0.6 is 0 Å². The number of non-ortho nitro benzene ring substituents is 1. The van der Waals surface area contributed by atoms with E-state index >= 15 is 0 Å². The molecule has 1 atom stereocenters. The lowest BCUT2D eigenvalue weighted by molar-refractivity contribution is -0.383. The van der Waals surface area contributed by atoms with Crippen molar-refractivity contribution in [3.8, 4) is 5.75 Å². The van der Waals surface area contributed by atoms with Crippen LogP contribution < -0.4 is 5.32 Å². The minimum Gasteiger partial charge on any atom is -0.505 e. The predicted octanol–water partition coefficient (Wildman–Crippen LogP) is 4.13. The molecular formula is C21H19N3O4. The number of phenols is 1. The van der Waals surface area contributed by atoms with E-state index in [1.807, 2.05) is 30.3 Å². The van der Waals surface area contributed by atoms with Crippen LogP contribution in [0.3, 0.4) is 0 Å². The maximum absolute atomic E-state index is 12.0. The summed E-state index contributed by atoms with van der Waals surface area (Å²) in [6, 6.07) is 13.1. The number of hydrogen-bond donors (Lipinski definition) is 2. The molecule has 0 aliphatic carbocycles. The van der Waals surface area contributed by atoms with Crippen LogP contribution in [0.5, 0.6) is 5.75 Å². The molecule has 0 bridgehead atoms. The zero-order valence-electron chi connectivity index (χ0n) is 15.2. The molecule has 1 heterocycles. The maximum atomic E-state index is 12.0. The van der Waals surface area contributed by atoms with Gasteiger partial charge in [0.1, 0.15) is 11.3 Å². The number of carbonyl (C=O) groups is 1. The number of aromatic nitrogens is 1. The summed E-state index contributed by atoms with van der Waals surface area (Å²) >= 11 is 0. The van der Waals surface area contributed by atoms with Crippen LogP contribution in [-0.4, -0.2) is 20.9 Å². The number of aromatic hydroxyl groups is 1. The second kappa shape index (κ2) is 8.30. The molecule has 7 nitrogen and oxygen atoms in total. The number of nitro benzene ring substituents is 1. The highest BCUT2D eigenvalue weighted by molar-refractivity contribution is 5.93. The van der Waals surface area contributed by atoms with E-state index in [9.17, 15) is 20.0 Å². The monoisotopic (exact) mass is 377 g/mol. The minimum atomic E-state index is -0.752. The molecule has 2 aromatic carbocycles. The quantitative estimate of drug-likeness (QED) is 0.496. The Balaban J connectivity index is 2.14. The largest absolute Gasteiger partial charge is 0.505 e. The molecule has 142 valence electrons. The molecule has 2 N–H and O–H groups in total. The Bertz CT molecular complexity index is 1050. The Morgan fingerprint density at radius 1 is 1.29 bits per heavy atom. The molecule has 3 rings (SSSR count). The van der Waals surface area contributed by atoms with E-state index < -0.39 is 11.0 Å². The van der Waals surface area contributed by atoms with Gasteiger partial charge >= 0.3 is 0 Å². The van der Waals surface area contributed by atoms with Gasteiger partial charge in [-0.15, -0.1) is 0 Å². The van der Waals surface area contributed by atoms with Crippen molar-refractivity contribution in [2.24, 2.45) is 0 Å². The number of nitro groups is 1. The van der Waals surface area contributed by atoms with Crippen molar-refractivity contribution in [2.45, 2.75) is 19.4 Å². The summed E-state index contributed by atoms with van der Waals surface area (Å²) in [4.78, 5) is 27.1. The zero-order chi connectivity index (χ0) is 20.1. The molecule has 3 aromatic rings. The summed E-state index contributed by atoms with van der Waals surface area (Å²) in [6.45, 7) is 1.71. The average Bonchev–Trinajstić information content (AvgIpc) is 2.72. The lowest BCUT2D eigenvalue weighted by Crippen LogP contribution is -2.26. The lowest BCUT2D eigenvalue weighted by Gasteiger charge is -2.17. The Labute approximate surface area is 161 Å². The number of nitrogens with one attached hydrogen (secondary N) is 1. The minimum absolute atomic E-state index is 0.121. The second-order valence-corrected chi connectivity index (χ2v) is 6.16. The number of carbonyl (C=O) groups excluding carboxylic acids is 1. The molecule has 0 saturated carbocycles. The highest BCUT2D eigenvalue weighted by Gasteiger charge is 2.24. The molecule has 7 heteroatoms. The SMILES string of the molecule is CCC(=O)NC(C=Cc1ccccc1)c1cc([N+](=O)[O-])c2cccnc2c1O. The number of phenolic OH excluding ortho intramolecular Hbond substituents is 1. The van der Waals surface area contributed by atoms with Crippen molar-refractivity contribution in [3.63, 3.8) is 0 Å². The van der Waals surface area contributed by atoms with Crippen LogP contribution in [0.1, 0.15) is 30.5 Å². The fourth-order valence-electron chi connectivity index (χ4n) is 2.90. The molecule has 1 amide bonds. The van der Waals surface area contributed by atoms with Crippen LogP contribution in [0.25, 0.3) is 17.0 Å². The van der Waals surface area contributed by atoms with Crippen molar-refractivity contribution in [3.05, 3.63) is 82.0 Å². The van der Waals surface area contributed by atoms with Gasteiger partial charge in [0.25, 0.3) is 5.69 Å². The van der Waals surface area contributed by atoms with Crippen molar-refractivity contribution in [2.75, 3.05) is 0 Å². The summed E-state index contributed by atoms with van der Waals surface area (Å²) in [5, 5.41) is 25.3. The first kappa shape index (κ1) is 19.0. The van der Waals surface area contributed by atoms with Gasteiger partial charge in [-0.05, 0) is 17.7 Å². The Morgan fingerprint density at radius 2 is 2.04 bits per heavy atom. The molecule has 0 fully saturated rings. The number of rotatable bonds is 6. The van der Waals surface area contributed by atoms with Crippen molar-refractivity contribution >= 4 is 28.6 Å². The standard InChI is InChI=1S/C21H19N3O4/c1-2-19(25)23-17(11-10-14-7-4-3-5-8-14)16-13-18(24(27)28)15-9-6-12-22-20(15)21(16)26/h3-13,17,26H,2H2,1H3,(H,23,25). The van der Waals surface area contributed by atoms with Crippen LogP contribution in [0.4, 0.5) is 5.69 Å². The predicted molar refractivity (Wildman–Crippen MR) is 107 cm³/mol. The smallest absolute Gasteiger partial charge is 0.279 e. The molecule has 0 spiro atoms. The molecule has 0 saturated heterocycles. The number of fused-ring (bicyclic) bond motifs is 1. The number of benzene rings is 2. The molecule has 0 aliphatic heterocycles. The van der Waals surface area contributed by atoms with Crippen LogP contribution in [0.15, 0.2) is 60.8 Å². The van der Waals surface area contributed by atoms with Crippen LogP contribution in [0, 0.1) is 10.1 Å². The summed E-state index contributed by atoms with van der Waals surface area (Å²) in [6.07, 6.45) is 5.17. The number of hydrogen-bond acceptors (Lipinski definition) is 5. The summed E-state index contributed by atoms with van der Waals surface area (Å²) in [5.74, 6) is -0.439. The first-order valence-corrected chi connectivity index (χ1v) is 8.79. The first-order valence-electron chi connectivity index (χ1n) is 8.79. The van der Waals surface area contributed by atoms with Gasteiger partial charge in [-0.3, -0.25) is 19.9 Å². The molecule has 1 unspecified atom stereocenters. The maximum Gasteiger partial charge on any atom is 0.279 e. The average molecular weight is 377 g/mol. The third-order valence-electron chi connectivity index (χ3n) is 4.32. The third kappa shape index (κ3) is 3.98. The third-order valence-corrected chi connectivity index (χ3v) is 4.32. The van der Waals surface area contributed by atoms with Crippen LogP contribution in [0.2, 0.25) is 0 Å². The summed E-state index contributed by atoms with van der Waals surface area (Å²) in [7, 11) is 0. The zero-order valence-corrected chi connectivity index (χ0v) is 15.2. The molecule has 28 heavy (non-hydrogen) atoms. The van der Waals surface area contributed by atoms with Crippen molar-refractivity contribution in [1.29, 1.82) is 0 Å². The Morgan fingerprint density at radius 3 is 2.71 bits per heavy atom. The highest BCUT2D eigenvalue weighted by atomic mass is 16.6. The van der Waals surface area contributed by atoms with Crippen molar-refractivity contribution in [1.82, 2.24) is 10.3 Å². The lowest BCUT2D eigenvalue weighted by atomic mass is 9.99.